The quantitative estimate of drug-likeness (QED) is 0.751. The lowest BCUT2D eigenvalue weighted by Gasteiger charge is -2.30. The second-order valence-corrected chi connectivity index (χ2v) is 5.57. The van der Waals surface area contributed by atoms with Crippen molar-refractivity contribution in [3.63, 3.8) is 0 Å². The number of rotatable bonds is 2. The summed E-state index contributed by atoms with van der Waals surface area (Å²) in [5.74, 6) is 1.84. The van der Waals surface area contributed by atoms with Crippen molar-refractivity contribution < 1.29 is 0 Å². The van der Waals surface area contributed by atoms with Gasteiger partial charge in [-0.05, 0) is 50.7 Å². The minimum Gasteiger partial charge on any atom is -0.316 e. The molecule has 0 aromatic carbocycles. The molecule has 0 radical (unpaired) electrons. The molecule has 1 aliphatic carbocycles. The molecule has 88 valence electrons. The number of nitrogens with one attached hydrogen (secondary N) is 1. The Morgan fingerprint density at radius 1 is 1.20 bits per heavy atom. The third-order valence-electron chi connectivity index (χ3n) is 3.88. The first-order valence-corrected chi connectivity index (χ1v) is 6.77. The summed E-state index contributed by atoms with van der Waals surface area (Å²) in [5.41, 5.74) is 0. The van der Waals surface area contributed by atoms with E-state index in [1.165, 1.54) is 64.8 Å². The summed E-state index contributed by atoms with van der Waals surface area (Å²) in [6.07, 6.45) is 7.27. The van der Waals surface area contributed by atoms with Crippen LogP contribution in [0.5, 0.6) is 0 Å². The largest absolute Gasteiger partial charge is 0.316 e. The zero-order valence-electron chi connectivity index (χ0n) is 10.2. The van der Waals surface area contributed by atoms with Crippen LogP contribution in [0.3, 0.4) is 0 Å². The molecule has 2 nitrogen and oxygen atoms in total. The third kappa shape index (κ3) is 3.76. The predicted molar refractivity (Wildman–Crippen MR) is 65.0 cm³/mol. The molecule has 1 heterocycles. The highest BCUT2D eigenvalue weighted by atomic mass is 15.1. The molecular weight excluding hydrogens is 184 g/mol. The van der Waals surface area contributed by atoms with Crippen LogP contribution in [0.4, 0.5) is 0 Å². The second kappa shape index (κ2) is 5.86. The van der Waals surface area contributed by atoms with Gasteiger partial charge in [0.25, 0.3) is 0 Å². The summed E-state index contributed by atoms with van der Waals surface area (Å²) in [6, 6.07) is 0. The van der Waals surface area contributed by atoms with E-state index in [2.05, 4.69) is 17.1 Å². The molecule has 1 atom stereocenters. The molecule has 1 aliphatic heterocycles. The standard InChI is InChI=1S/C13H26N2/c1-12-9-14-7-4-8-15(10-12)11-13-5-2-3-6-13/h12-14H,2-11H2,1H3. The van der Waals surface area contributed by atoms with Gasteiger partial charge in [-0.2, -0.15) is 0 Å². The Balaban J connectivity index is 1.77. The Morgan fingerprint density at radius 2 is 2.00 bits per heavy atom. The Bertz CT molecular complexity index is 175. The molecule has 0 spiro atoms. The number of hydrogen-bond donors (Lipinski definition) is 1. The van der Waals surface area contributed by atoms with Gasteiger partial charge in [-0.1, -0.05) is 19.8 Å². The van der Waals surface area contributed by atoms with Crippen LogP contribution in [-0.2, 0) is 0 Å². The fraction of sp³-hybridized carbons (Fsp3) is 1.00. The van der Waals surface area contributed by atoms with Gasteiger partial charge >= 0.3 is 0 Å². The normalized spacial score (nSPS) is 31.4. The lowest BCUT2D eigenvalue weighted by atomic mass is 10.1. The van der Waals surface area contributed by atoms with E-state index in [-0.39, 0.29) is 0 Å². The molecule has 2 aliphatic rings. The summed E-state index contributed by atoms with van der Waals surface area (Å²) in [4.78, 5) is 2.72. The first-order chi connectivity index (χ1) is 7.34. The highest BCUT2D eigenvalue weighted by Gasteiger charge is 2.20. The van der Waals surface area contributed by atoms with Crippen molar-refractivity contribution in [3.05, 3.63) is 0 Å². The van der Waals surface area contributed by atoms with E-state index in [0.717, 1.165) is 11.8 Å². The minimum absolute atomic E-state index is 0.826. The van der Waals surface area contributed by atoms with Gasteiger partial charge in [0.1, 0.15) is 0 Å². The molecular formula is C13H26N2. The Labute approximate surface area is 94.4 Å². The van der Waals surface area contributed by atoms with Crippen LogP contribution in [0.2, 0.25) is 0 Å². The van der Waals surface area contributed by atoms with E-state index in [1.807, 2.05) is 0 Å². The maximum Gasteiger partial charge on any atom is 0.00193 e. The summed E-state index contributed by atoms with van der Waals surface area (Å²) < 4.78 is 0. The van der Waals surface area contributed by atoms with E-state index >= 15 is 0 Å². The first-order valence-electron chi connectivity index (χ1n) is 6.77. The van der Waals surface area contributed by atoms with Crippen molar-refractivity contribution in [2.75, 3.05) is 32.7 Å². The van der Waals surface area contributed by atoms with E-state index in [4.69, 9.17) is 0 Å². The molecule has 1 saturated carbocycles. The molecule has 0 aromatic heterocycles. The zero-order chi connectivity index (χ0) is 10.5. The van der Waals surface area contributed by atoms with Gasteiger partial charge in [-0.15, -0.1) is 0 Å². The highest BCUT2D eigenvalue weighted by Crippen LogP contribution is 2.25. The van der Waals surface area contributed by atoms with Crippen LogP contribution in [0.1, 0.15) is 39.0 Å². The third-order valence-corrected chi connectivity index (χ3v) is 3.88. The van der Waals surface area contributed by atoms with E-state index in [0.29, 0.717) is 0 Å². The molecule has 0 aromatic rings. The van der Waals surface area contributed by atoms with Crippen molar-refractivity contribution >= 4 is 0 Å². The van der Waals surface area contributed by atoms with Gasteiger partial charge in [-0.25, -0.2) is 0 Å². The average Bonchev–Trinajstić information content (AvgIpc) is 2.66. The van der Waals surface area contributed by atoms with Crippen molar-refractivity contribution in [2.45, 2.75) is 39.0 Å². The fourth-order valence-corrected chi connectivity index (χ4v) is 3.10. The van der Waals surface area contributed by atoms with Gasteiger partial charge in [0.2, 0.25) is 0 Å². The lowest BCUT2D eigenvalue weighted by molar-refractivity contribution is 0.188. The van der Waals surface area contributed by atoms with Gasteiger partial charge in [0.05, 0.1) is 0 Å². The molecule has 1 saturated heterocycles. The van der Waals surface area contributed by atoms with E-state index < -0.39 is 0 Å². The van der Waals surface area contributed by atoms with E-state index in [9.17, 15) is 0 Å². The van der Waals surface area contributed by atoms with Gasteiger partial charge < -0.3 is 10.2 Å². The molecule has 2 fully saturated rings. The van der Waals surface area contributed by atoms with Crippen molar-refractivity contribution in [1.82, 2.24) is 10.2 Å². The van der Waals surface area contributed by atoms with Crippen molar-refractivity contribution in [1.29, 1.82) is 0 Å². The first kappa shape index (κ1) is 11.4. The molecule has 0 bridgehead atoms. The van der Waals surface area contributed by atoms with Gasteiger partial charge in [-0.3, -0.25) is 0 Å². The minimum atomic E-state index is 0.826. The Kier molecular flexibility index (Phi) is 4.45. The molecule has 2 heteroatoms. The van der Waals surface area contributed by atoms with Crippen LogP contribution in [0, 0.1) is 11.8 Å². The summed E-state index contributed by atoms with van der Waals surface area (Å²) in [7, 11) is 0. The summed E-state index contributed by atoms with van der Waals surface area (Å²) in [6.45, 7) is 8.80. The van der Waals surface area contributed by atoms with Crippen LogP contribution in [-0.4, -0.2) is 37.6 Å². The SMILES string of the molecule is CC1CNCCCN(CC2CCCC2)C1. The number of hydrogen-bond acceptors (Lipinski definition) is 2. The summed E-state index contributed by atoms with van der Waals surface area (Å²) >= 11 is 0. The van der Waals surface area contributed by atoms with Crippen molar-refractivity contribution in [3.8, 4) is 0 Å². The van der Waals surface area contributed by atoms with Gasteiger partial charge in [0, 0.05) is 13.1 Å². The molecule has 1 unspecified atom stereocenters. The molecule has 0 amide bonds. The Morgan fingerprint density at radius 3 is 2.80 bits per heavy atom. The predicted octanol–water partition coefficient (Wildman–Crippen LogP) is 2.11. The Hall–Kier alpha value is -0.0800. The highest BCUT2D eigenvalue weighted by molar-refractivity contribution is 4.75. The maximum atomic E-state index is 3.52. The average molecular weight is 210 g/mol. The molecule has 2 rings (SSSR count). The monoisotopic (exact) mass is 210 g/mol. The van der Waals surface area contributed by atoms with Crippen LogP contribution in [0.25, 0.3) is 0 Å². The summed E-state index contributed by atoms with van der Waals surface area (Å²) in [5, 5.41) is 3.52. The maximum absolute atomic E-state index is 3.52. The van der Waals surface area contributed by atoms with Gasteiger partial charge in [0.15, 0.2) is 0 Å². The number of nitrogens with zero attached hydrogens (tertiary/aromatic N) is 1. The zero-order valence-corrected chi connectivity index (χ0v) is 10.2. The van der Waals surface area contributed by atoms with Crippen molar-refractivity contribution in [2.24, 2.45) is 11.8 Å². The van der Waals surface area contributed by atoms with Crippen LogP contribution < -0.4 is 5.32 Å². The lowest BCUT2D eigenvalue weighted by Crippen LogP contribution is -2.40. The second-order valence-electron chi connectivity index (χ2n) is 5.57. The fourth-order valence-electron chi connectivity index (χ4n) is 3.10. The van der Waals surface area contributed by atoms with Crippen LogP contribution >= 0.6 is 0 Å². The van der Waals surface area contributed by atoms with E-state index in [1.54, 1.807) is 0 Å². The smallest absolute Gasteiger partial charge is 0.00193 e. The van der Waals surface area contributed by atoms with Crippen LogP contribution in [0.15, 0.2) is 0 Å². The molecule has 1 N–H and O–H groups in total. The molecule has 15 heavy (non-hydrogen) atoms. The topological polar surface area (TPSA) is 15.3 Å².